The number of piperazine rings is 1. The maximum atomic E-state index is 12.9. The van der Waals surface area contributed by atoms with E-state index in [1.807, 2.05) is 24.3 Å². The molecule has 32 heavy (non-hydrogen) atoms. The molecule has 5 nitrogen and oxygen atoms in total. The predicted molar refractivity (Wildman–Crippen MR) is 133 cm³/mol. The van der Waals surface area contributed by atoms with Crippen LogP contribution in [-0.4, -0.2) is 54.2 Å². The number of amides is 1. The number of nitrogens with zero attached hydrogens (tertiary/aromatic N) is 2. The molecular formula is C27H39N3O2. The van der Waals surface area contributed by atoms with Crippen LogP contribution in [0.25, 0.3) is 0 Å². The van der Waals surface area contributed by atoms with Crippen LogP contribution >= 0.6 is 0 Å². The number of benzene rings is 2. The summed E-state index contributed by atoms with van der Waals surface area (Å²) in [4.78, 5) is 17.7. The van der Waals surface area contributed by atoms with Crippen molar-refractivity contribution in [2.45, 2.75) is 59.0 Å². The summed E-state index contributed by atoms with van der Waals surface area (Å²) in [6.07, 6.45) is 3.43. The largest absolute Gasteiger partial charge is 0.508 e. The van der Waals surface area contributed by atoms with Gasteiger partial charge in [0.1, 0.15) is 5.75 Å². The smallest absolute Gasteiger partial charge is 0.251 e. The Labute approximate surface area is 193 Å². The number of nitrogens with one attached hydrogen (secondary N) is 1. The van der Waals surface area contributed by atoms with Gasteiger partial charge in [-0.2, -0.15) is 0 Å². The Kier molecular flexibility index (Phi) is 8.57. The van der Waals surface area contributed by atoms with Gasteiger partial charge in [0, 0.05) is 55.6 Å². The van der Waals surface area contributed by atoms with Gasteiger partial charge in [-0.3, -0.25) is 9.69 Å². The van der Waals surface area contributed by atoms with Crippen molar-refractivity contribution in [2.24, 2.45) is 5.92 Å². The van der Waals surface area contributed by atoms with E-state index in [2.05, 4.69) is 61.0 Å². The highest BCUT2D eigenvalue weighted by Crippen LogP contribution is 2.24. The second-order valence-electron chi connectivity index (χ2n) is 9.45. The minimum absolute atomic E-state index is 0.0113. The van der Waals surface area contributed by atoms with E-state index in [1.54, 1.807) is 6.07 Å². The van der Waals surface area contributed by atoms with Gasteiger partial charge in [0.25, 0.3) is 5.91 Å². The first-order chi connectivity index (χ1) is 15.4. The average molecular weight is 438 g/mol. The highest BCUT2D eigenvalue weighted by atomic mass is 16.3. The van der Waals surface area contributed by atoms with E-state index in [0.29, 0.717) is 17.7 Å². The van der Waals surface area contributed by atoms with Gasteiger partial charge in [-0.1, -0.05) is 45.4 Å². The lowest BCUT2D eigenvalue weighted by molar-refractivity contribution is 0.0903. The summed E-state index contributed by atoms with van der Waals surface area (Å²) in [5, 5.41) is 13.1. The van der Waals surface area contributed by atoms with Gasteiger partial charge in [0.05, 0.1) is 0 Å². The summed E-state index contributed by atoms with van der Waals surface area (Å²) in [7, 11) is 0. The number of carbonyl (C=O) groups excluding carboxylic acids is 1. The predicted octanol–water partition coefficient (Wildman–Crippen LogP) is 4.70. The normalized spacial score (nSPS) is 18.0. The molecule has 0 aliphatic carbocycles. The van der Waals surface area contributed by atoms with Crippen LogP contribution in [0.15, 0.2) is 48.5 Å². The van der Waals surface area contributed by atoms with Crippen LogP contribution in [0, 0.1) is 5.92 Å². The Morgan fingerprint density at radius 1 is 1.16 bits per heavy atom. The van der Waals surface area contributed by atoms with Crippen molar-refractivity contribution < 1.29 is 9.90 Å². The van der Waals surface area contributed by atoms with Crippen molar-refractivity contribution in [3.8, 4) is 5.75 Å². The summed E-state index contributed by atoms with van der Waals surface area (Å²) >= 11 is 0. The maximum absolute atomic E-state index is 12.9. The van der Waals surface area contributed by atoms with Gasteiger partial charge < -0.3 is 15.3 Å². The Balaban J connectivity index is 1.57. The summed E-state index contributed by atoms with van der Waals surface area (Å²) in [6, 6.07) is 16.0. The molecule has 2 aromatic rings. The van der Waals surface area contributed by atoms with Crippen LogP contribution in [0.2, 0.25) is 0 Å². The number of carbonyl (C=O) groups is 1. The Morgan fingerprint density at radius 2 is 1.91 bits per heavy atom. The molecule has 5 heteroatoms. The third-order valence-electron chi connectivity index (χ3n) is 6.48. The fourth-order valence-electron chi connectivity index (χ4n) is 4.41. The summed E-state index contributed by atoms with van der Waals surface area (Å²) in [5.41, 5.74) is 3.09. The summed E-state index contributed by atoms with van der Waals surface area (Å²) < 4.78 is 0. The zero-order chi connectivity index (χ0) is 23.1. The zero-order valence-electron chi connectivity index (χ0n) is 20.1. The number of rotatable bonds is 9. The molecule has 0 bridgehead atoms. The maximum Gasteiger partial charge on any atom is 0.251 e. The third kappa shape index (κ3) is 6.49. The van der Waals surface area contributed by atoms with Crippen molar-refractivity contribution in [1.82, 2.24) is 10.2 Å². The minimum Gasteiger partial charge on any atom is -0.508 e. The van der Waals surface area contributed by atoms with E-state index >= 15 is 0 Å². The topological polar surface area (TPSA) is 55.8 Å². The van der Waals surface area contributed by atoms with E-state index in [0.717, 1.165) is 43.9 Å². The molecule has 3 rings (SSSR count). The highest BCUT2D eigenvalue weighted by molar-refractivity contribution is 5.94. The van der Waals surface area contributed by atoms with Gasteiger partial charge in [0.2, 0.25) is 0 Å². The monoisotopic (exact) mass is 437 g/mol. The average Bonchev–Trinajstić information content (AvgIpc) is 2.77. The van der Waals surface area contributed by atoms with Crippen LogP contribution in [0.5, 0.6) is 5.75 Å². The number of phenolic OH excluding ortho intramolecular Hbond substituents is 1. The van der Waals surface area contributed by atoms with Crippen molar-refractivity contribution in [1.29, 1.82) is 0 Å². The summed E-state index contributed by atoms with van der Waals surface area (Å²) in [6.45, 7) is 12.4. The van der Waals surface area contributed by atoms with Gasteiger partial charge in [-0.25, -0.2) is 0 Å². The SMILES string of the molecule is CCCCc1ccc(C(=O)N[C@H](CN2CCN(c3cccc(O)c3)[C@@H](C)C2)C(C)C)cc1. The second-order valence-corrected chi connectivity index (χ2v) is 9.45. The molecule has 174 valence electrons. The molecule has 0 aromatic heterocycles. The number of anilines is 1. The Bertz CT molecular complexity index is 865. The molecule has 2 N–H and O–H groups in total. The van der Waals surface area contributed by atoms with Crippen LogP contribution in [0.4, 0.5) is 5.69 Å². The number of hydrogen-bond donors (Lipinski definition) is 2. The molecule has 0 spiro atoms. The van der Waals surface area contributed by atoms with Crippen LogP contribution < -0.4 is 10.2 Å². The molecule has 2 aromatic carbocycles. The van der Waals surface area contributed by atoms with Crippen molar-refractivity contribution in [3.63, 3.8) is 0 Å². The molecule has 0 saturated carbocycles. The number of aryl methyl sites for hydroxylation is 1. The van der Waals surface area contributed by atoms with Crippen LogP contribution in [-0.2, 0) is 6.42 Å². The Hall–Kier alpha value is -2.53. The Morgan fingerprint density at radius 3 is 2.53 bits per heavy atom. The molecular weight excluding hydrogens is 398 g/mol. The first kappa shape index (κ1) is 24.1. The molecule has 1 amide bonds. The molecule has 2 atom stereocenters. The van der Waals surface area contributed by atoms with E-state index in [9.17, 15) is 9.90 Å². The van der Waals surface area contributed by atoms with Gasteiger partial charge >= 0.3 is 0 Å². The number of hydrogen-bond acceptors (Lipinski definition) is 4. The number of unbranched alkanes of at least 4 members (excludes halogenated alkanes) is 1. The second kappa shape index (κ2) is 11.4. The molecule has 1 saturated heterocycles. The van der Waals surface area contributed by atoms with Crippen molar-refractivity contribution in [2.75, 3.05) is 31.1 Å². The zero-order valence-corrected chi connectivity index (χ0v) is 20.1. The van der Waals surface area contributed by atoms with Crippen LogP contribution in [0.3, 0.4) is 0 Å². The van der Waals surface area contributed by atoms with Gasteiger partial charge in [0.15, 0.2) is 0 Å². The lowest BCUT2D eigenvalue weighted by atomic mass is 10.0. The van der Waals surface area contributed by atoms with Gasteiger partial charge in [-0.15, -0.1) is 0 Å². The van der Waals surface area contributed by atoms with Crippen molar-refractivity contribution in [3.05, 3.63) is 59.7 Å². The molecule has 1 fully saturated rings. The molecule has 1 aliphatic rings. The molecule has 0 unspecified atom stereocenters. The molecule has 1 aliphatic heterocycles. The van der Waals surface area contributed by atoms with E-state index in [1.165, 1.54) is 18.4 Å². The quantitative estimate of drug-likeness (QED) is 0.597. The molecule has 1 heterocycles. The van der Waals surface area contributed by atoms with E-state index < -0.39 is 0 Å². The standard InChI is InChI=1S/C27H39N3O2/c1-5-6-8-22-11-13-23(14-12-22)27(32)28-26(20(2)3)19-29-15-16-30(21(4)18-29)24-9-7-10-25(31)17-24/h7,9-14,17,20-21,26,31H,5-6,8,15-16,18-19H2,1-4H3,(H,28,32)/t21-,26+/m0/s1. The van der Waals surface area contributed by atoms with Crippen molar-refractivity contribution >= 4 is 11.6 Å². The van der Waals surface area contributed by atoms with E-state index in [-0.39, 0.29) is 11.9 Å². The third-order valence-corrected chi connectivity index (χ3v) is 6.48. The van der Waals surface area contributed by atoms with E-state index in [4.69, 9.17) is 0 Å². The molecule has 0 radical (unpaired) electrons. The fourth-order valence-corrected chi connectivity index (χ4v) is 4.41. The fraction of sp³-hybridized carbons (Fsp3) is 0.519. The first-order valence-electron chi connectivity index (χ1n) is 12.0. The lowest BCUT2D eigenvalue weighted by Crippen LogP contribution is -2.56. The first-order valence-corrected chi connectivity index (χ1v) is 12.0. The van der Waals surface area contributed by atoms with Gasteiger partial charge in [-0.05, 0) is 55.5 Å². The van der Waals surface area contributed by atoms with Crippen LogP contribution in [0.1, 0.15) is 56.5 Å². The summed E-state index contributed by atoms with van der Waals surface area (Å²) in [5.74, 6) is 0.664. The minimum atomic E-state index is 0.0113. The lowest BCUT2D eigenvalue weighted by Gasteiger charge is -2.42. The number of phenols is 1. The number of aromatic hydroxyl groups is 1. The highest BCUT2D eigenvalue weighted by Gasteiger charge is 2.27.